The normalized spacial score (nSPS) is 14.0. The van der Waals surface area contributed by atoms with Crippen molar-refractivity contribution in [3.8, 4) is 5.69 Å². The molecule has 0 radical (unpaired) electrons. The van der Waals surface area contributed by atoms with Crippen molar-refractivity contribution >= 4 is 17.3 Å². The molecule has 0 spiro atoms. The fourth-order valence-electron chi connectivity index (χ4n) is 3.42. The summed E-state index contributed by atoms with van der Waals surface area (Å²) in [6.45, 7) is 2.82. The van der Waals surface area contributed by atoms with Crippen LogP contribution in [0.1, 0.15) is 15.9 Å². The zero-order valence-electron chi connectivity index (χ0n) is 15.7. The van der Waals surface area contributed by atoms with Crippen molar-refractivity contribution in [2.45, 2.75) is 0 Å². The number of nitrogens with zero attached hydrogens (tertiary/aromatic N) is 2. The molecule has 1 aromatic heterocycles. The van der Waals surface area contributed by atoms with E-state index in [1.165, 1.54) is 41.0 Å². The average Bonchev–Trinajstić information content (AvgIpc) is 2.75. The number of hydrogen-bond acceptors (Lipinski definition) is 5. The van der Waals surface area contributed by atoms with Crippen LogP contribution in [0.5, 0.6) is 0 Å². The number of hydrogen-bond donors (Lipinski definition) is 1. The fourth-order valence-corrected chi connectivity index (χ4v) is 3.42. The Morgan fingerprint density at radius 1 is 0.966 bits per heavy atom. The molecule has 1 fully saturated rings. The van der Waals surface area contributed by atoms with E-state index in [0.717, 1.165) is 18.8 Å². The molecule has 7 heteroatoms. The molecule has 1 aliphatic heterocycles. The smallest absolute Gasteiger partial charge is 0.256 e. The summed E-state index contributed by atoms with van der Waals surface area (Å²) in [5, 5.41) is 0. The largest absolute Gasteiger partial charge is 0.384 e. The fraction of sp³-hybridized carbons (Fsp3) is 0.182. The Bertz CT molecular complexity index is 1100. The van der Waals surface area contributed by atoms with E-state index >= 15 is 0 Å². The predicted octanol–water partition coefficient (Wildman–Crippen LogP) is 2.63. The number of halogens is 1. The highest BCUT2D eigenvalue weighted by Gasteiger charge is 2.18. The van der Waals surface area contributed by atoms with Gasteiger partial charge in [0, 0.05) is 30.4 Å². The second-order valence-electron chi connectivity index (χ2n) is 6.76. The van der Waals surface area contributed by atoms with E-state index in [-0.39, 0.29) is 22.7 Å². The molecule has 3 aromatic rings. The van der Waals surface area contributed by atoms with Gasteiger partial charge in [0.25, 0.3) is 5.56 Å². The molecule has 0 unspecified atom stereocenters. The highest BCUT2D eigenvalue weighted by molar-refractivity contribution is 6.11. The average molecular weight is 393 g/mol. The molecule has 148 valence electrons. The van der Waals surface area contributed by atoms with E-state index in [4.69, 9.17) is 10.5 Å². The van der Waals surface area contributed by atoms with Crippen molar-refractivity contribution in [3.63, 3.8) is 0 Å². The van der Waals surface area contributed by atoms with Crippen molar-refractivity contribution in [2.24, 2.45) is 0 Å². The van der Waals surface area contributed by atoms with Crippen molar-refractivity contribution in [1.29, 1.82) is 0 Å². The number of carbonyl (C=O) groups excluding carboxylic acids is 1. The SMILES string of the molecule is Nc1c(C(=O)c2ccc(F)cc2)ccc(=O)n1-c1cccc(N2CCOCC2)c1. The Morgan fingerprint density at radius 2 is 1.66 bits per heavy atom. The maximum Gasteiger partial charge on any atom is 0.256 e. The Labute approximate surface area is 166 Å². The van der Waals surface area contributed by atoms with Gasteiger partial charge in [-0.25, -0.2) is 4.39 Å². The van der Waals surface area contributed by atoms with Gasteiger partial charge in [0.2, 0.25) is 0 Å². The molecule has 2 heterocycles. The van der Waals surface area contributed by atoms with Gasteiger partial charge in [-0.05, 0) is 48.5 Å². The molecule has 1 aliphatic rings. The maximum absolute atomic E-state index is 13.2. The van der Waals surface area contributed by atoms with Gasteiger partial charge < -0.3 is 15.4 Å². The monoisotopic (exact) mass is 393 g/mol. The minimum atomic E-state index is -0.431. The van der Waals surface area contributed by atoms with Crippen LogP contribution in [0.15, 0.2) is 65.5 Å². The summed E-state index contributed by atoms with van der Waals surface area (Å²) >= 11 is 0. The Morgan fingerprint density at radius 3 is 2.38 bits per heavy atom. The van der Waals surface area contributed by atoms with Crippen LogP contribution in [-0.4, -0.2) is 36.7 Å². The quantitative estimate of drug-likeness (QED) is 0.690. The van der Waals surface area contributed by atoms with E-state index in [1.54, 1.807) is 6.07 Å². The standard InChI is InChI=1S/C22H20FN3O3/c23-16-6-4-15(5-7-16)21(28)19-8-9-20(27)26(22(19)24)18-3-1-2-17(14-18)25-10-12-29-13-11-25/h1-9,14H,10-13,24H2. The van der Waals surface area contributed by atoms with Gasteiger partial charge in [0.15, 0.2) is 5.78 Å². The van der Waals surface area contributed by atoms with Crippen LogP contribution in [0.2, 0.25) is 0 Å². The molecule has 0 atom stereocenters. The molecular weight excluding hydrogens is 373 g/mol. The van der Waals surface area contributed by atoms with Gasteiger partial charge >= 0.3 is 0 Å². The zero-order chi connectivity index (χ0) is 20.4. The number of anilines is 2. The second kappa shape index (κ2) is 7.89. The first-order valence-corrected chi connectivity index (χ1v) is 9.29. The first-order chi connectivity index (χ1) is 14.0. The minimum absolute atomic E-state index is 0.0472. The first kappa shape index (κ1) is 18.9. The molecule has 0 aliphatic carbocycles. The third-order valence-corrected chi connectivity index (χ3v) is 4.95. The van der Waals surface area contributed by atoms with Crippen LogP contribution in [0.3, 0.4) is 0 Å². The minimum Gasteiger partial charge on any atom is -0.384 e. The summed E-state index contributed by atoms with van der Waals surface area (Å²) in [5.74, 6) is -0.758. The topological polar surface area (TPSA) is 77.6 Å². The molecule has 2 aromatic carbocycles. The van der Waals surface area contributed by atoms with Crippen LogP contribution in [0.25, 0.3) is 5.69 Å². The third-order valence-electron chi connectivity index (χ3n) is 4.95. The lowest BCUT2D eigenvalue weighted by atomic mass is 10.0. The number of ether oxygens (including phenoxy) is 1. The zero-order valence-corrected chi connectivity index (χ0v) is 15.7. The molecule has 2 N–H and O–H groups in total. The summed E-state index contributed by atoms with van der Waals surface area (Å²) in [7, 11) is 0. The summed E-state index contributed by atoms with van der Waals surface area (Å²) in [6.07, 6.45) is 0. The highest BCUT2D eigenvalue weighted by atomic mass is 19.1. The second-order valence-corrected chi connectivity index (χ2v) is 6.76. The van der Waals surface area contributed by atoms with Gasteiger partial charge in [0.05, 0.1) is 24.5 Å². The van der Waals surface area contributed by atoms with E-state index in [0.29, 0.717) is 24.5 Å². The number of carbonyl (C=O) groups is 1. The Balaban J connectivity index is 1.75. The van der Waals surface area contributed by atoms with E-state index in [2.05, 4.69) is 4.90 Å². The molecule has 0 amide bonds. The highest BCUT2D eigenvalue weighted by Crippen LogP contribution is 2.23. The number of ketones is 1. The Hall–Kier alpha value is -3.45. The number of nitrogen functional groups attached to an aromatic ring is 1. The lowest BCUT2D eigenvalue weighted by Crippen LogP contribution is -2.36. The van der Waals surface area contributed by atoms with Gasteiger partial charge in [-0.3, -0.25) is 14.2 Å². The summed E-state index contributed by atoms with van der Waals surface area (Å²) in [4.78, 5) is 27.6. The molecule has 29 heavy (non-hydrogen) atoms. The number of rotatable bonds is 4. The predicted molar refractivity (Wildman–Crippen MR) is 109 cm³/mol. The maximum atomic E-state index is 13.2. The van der Waals surface area contributed by atoms with Gasteiger partial charge in [0.1, 0.15) is 11.6 Å². The number of aromatic nitrogens is 1. The summed E-state index contributed by atoms with van der Waals surface area (Å²) in [6, 6.07) is 15.4. The van der Waals surface area contributed by atoms with Crippen molar-refractivity contribution in [3.05, 3.63) is 88.0 Å². The van der Waals surface area contributed by atoms with Gasteiger partial charge in [-0.1, -0.05) is 6.07 Å². The molecular formula is C22H20FN3O3. The molecule has 1 saturated heterocycles. The van der Waals surface area contributed by atoms with Crippen LogP contribution in [0, 0.1) is 5.82 Å². The number of nitrogens with two attached hydrogens (primary N) is 1. The van der Waals surface area contributed by atoms with Crippen LogP contribution in [-0.2, 0) is 4.74 Å². The van der Waals surface area contributed by atoms with E-state index in [9.17, 15) is 14.0 Å². The molecule has 4 rings (SSSR count). The Kier molecular flexibility index (Phi) is 5.14. The van der Waals surface area contributed by atoms with E-state index in [1.807, 2.05) is 18.2 Å². The van der Waals surface area contributed by atoms with Crippen molar-refractivity contribution in [1.82, 2.24) is 4.57 Å². The van der Waals surface area contributed by atoms with Crippen LogP contribution in [0.4, 0.5) is 15.9 Å². The summed E-state index contributed by atoms with van der Waals surface area (Å²) < 4.78 is 19.9. The molecule has 6 nitrogen and oxygen atoms in total. The van der Waals surface area contributed by atoms with Crippen molar-refractivity contribution < 1.29 is 13.9 Å². The number of morpholine rings is 1. The van der Waals surface area contributed by atoms with E-state index < -0.39 is 5.82 Å². The lowest BCUT2D eigenvalue weighted by Gasteiger charge is -2.29. The molecule has 0 saturated carbocycles. The number of pyridine rings is 1. The van der Waals surface area contributed by atoms with Crippen LogP contribution < -0.4 is 16.2 Å². The molecule has 0 bridgehead atoms. The third kappa shape index (κ3) is 3.77. The lowest BCUT2D eigenvalue weighted by molar-refractivity contribution is 0.103. The van der Waals surface area contributed by atoms with Crippen molar-refractivity contribution in [2.75, 3.05) is 36.9 Å². The van der Waals surface area contributed by atoms with Gasteiger partial charge in [-0.15, -0.1) is 0 Å². The number of benzene rings is 2. The van der Waals surface area contributed by atoms with Crippen LogP contribution >= 0.6 is 0 Å². The van der Waals surface area contributed by atoms with Gasteiger partial charge in [-0.2, -0.15) is 0 Å². The first-order valence-electron chi connectivity index (χ1n) is 9.29. The summed E-state index contributed by atoms with van der Waals surface area (Å²) in [5.41, 5.74) is 7.92.